The highest BCUT2D eigenvalue weighted by Gasteiger charge is 2.25. The van der Waals surface area contributed by atoms with Gasteiger partial charge >= 0.3 is 0 Å². The number of phenols is 1. The first kappa shape index (κ1) is 17.4. The molecule has 0 radical (unpaired) electrons. The lowest BCUT2D eigenvalue weighted by atomic mass is 9.99. The largest absolute Gasteiger partial charge is 0.508 e. The second kappa shape index (κ2) is 6.92. The third kappa shape index (κ3) is 3.31. The van der Waals surface area contributed by atoms with Crippen molar-refractivity contribution in [3.05, 3.63) is 89.6 Å². The Kier molecular flexibility index (Phi) is 4.29. The maximum Gasteiger partial charge on any atom is 0.257 e. The maximum atomic E-state index is 12.7. The molecule has 3 aromatic carbocycles. The minimum Gasteiger partial charge on any atom is -0.508 e. The molecule has 1 aliphatic rings. The van der Waals surface area contributed by atoms with E-state index < -0.39 is 0 Å². The van der Waals surface area contributed by atoms with Crippen LogP contribution < -0.4 is 16.4 Å². The van der Waals surface area contributed by atoms with Crippen molar-refractivity contribution in [3.63, 3.8) is 0 Å². The molecule has 0 unspecified atom stereocenters. The molecular weight excluding hydrogens is 354 g/mol. The van der Waals surface area contributed by atoms with Crippen molar-refractivity contribution in [3.8, 4) is 5.75 Å². The molecule has 138 valence electrons. The quantitative estimate of drug-likeness (QED) is 0.319. The number of carbonyl (C=O) groups excluding carboxylic acids is 2. The molecule has 1 aliphatic heterocycles. The summed E-state index contributed by atoms with van der Waals surface area (Å²) in [4.78, 5) is 25.0. The van der Waals surface area contributed by atoms with Gasteiger partial charge in [0.1, 0.15) is 5.75 Å². The summed E-state index contributed by atoms with van der Waals surface area (Å²) in [7, 11) is 0. The number of rotatable bonds is 4. The molecule has 1 heterocycles. The Balaban J connectivity index is 1.61. The summed E-state index contributed by atoms with van der Waals surface area (Å²) in [5.74, 6) is -0.280. The number of anilines is 3. The van der Waals surface area contributed by atoms with E-state index in [4.69, 9.17) is 5.73 Å². The van der Waals surface area contributed by atoms with Gasteiger partial charge in [-0.25, -0.2) is 0 Å². The average Bonchev–Trinajstić information content (AvgIpc) is 3.00. The Bertz CT molecular complexity index is 1120. The lowest BCUT2D eigenvalue weighted by Crippen LogP contribution is -2.05. The van der Waals surface area contributed by atoms with Gasteiger partial charge in [-0.05, 0) is 42.5 Å². The molecule has 5 N–H and O–H groups in total. The number of phenolic OH excluding ortho intramolecular Hbond substituents is 1. The fourth-order valence-corrected chi connectivity index (χ4v) is 3.03. The van der Waals surface area contributed by atoms with Crippen molar-refractivity contribution in [2.45, 2.75) is 0 Å². The van der Waals surface area contributed by atoms with E-state index in [0.29, 0.717) is 39.3 Å². The predicted molar refractivity (Wildman–Crippen MR) is 109 cm³/mol. The number of hydrogen-bond acceptors (Lipinski definition) is 5. The smallest absolute Gasteiger partial charge is 0.257 e. The summed E-state index contributed by atoms with van der Waals surface area (Å²) in [6.07, 6.45) is 1.58. The van der Waals surface area contributed by atoms with Gasteiger partial charge in [0.25, 0.3) is 5.91 Å². The average molecular weight is 371 g/mol. The number of nitrogens with one attached hydrogen (secondary N) is 2. The SMILES string of the molecule is Nc1ccc(C(=O)c2ccc3c(c2)NC(=O)C3=CNc2cccc(O)c2)cc1. The van der Waals surface area contributed by atoms with Gasteiger partial charge in [0.2, 0.25) is 0 Å². The normalized spacial score (nSPS) is 13.9. The zero-order chi connectivity index (χ0) is 19.7. The first-order chi connectivity index (χ1) is 13.5. The summed E-state index contributed by atoms with van der Waals surface area (Å²) in [6, 6.07) is 18.4. The zero-order valence-corrected chi connectivity index (χ0v) is 14.8. The summed E-state index contributed by atoms with van der Waals surface area (Å²) in [5.41, 5.74) is 9.64. The highest BCUT2D eigenvalue weighted by Crippen LogP contribution is 2.33. The van der Waals surface area contributed by atoms with Crippen molar-refractivity contribution in [2.75, 3.05) is 16.4 Å². The van der Waals surface area contributed by atoms with Crippen molar-refractivity contribution >= 4 is 34.3 Å². The molecule has 28 heavy (non-hydrogen) atoms. The Labute approximate surface area is 161 Å². The van der Waals surface area contributed by atoms with Crippen molar-refractivity contribution in [2.24, 2.45) is 0 Å². The molecule has 0 bridgehead atoms. The molecule has 0 fully saturated rings. The Morgan fingerprint density at radius 3 is 2.50 bits per heavy atom. The third-order valence-corrected chi connectivity index (χ3v) is 4.47. The molecule has 6 nitrogen and oxygen atoms in total. The minimum absolute atomic E-state index is 0.130. The highest BCUT2D eigenvalue weighted by molar-refractivity contribution is 6.32. The number of nitrogens with two attached hydrogens (primary N) is 1. The molecule has 1 amide bonds. The molecule has 0 saturated heterocycles. The number of fused-ring (bicyclic) bond motifs is 1. The number of hydrogen-bond donors (Lipinski definition) is 4. The molecule has 0 spiro atoms. The predicted octanol–water partition coefficient (Wildman–Crippen LogP) is 3.61. The van der Waals surface area contributed by atoms with Crippen LogP contribution in [0.2, 0.25) is 0 Å². The van der Waals surface area contributed by atoms with Crippen LogP contribution in [0.3, 0.4) is 0 Å². The number of benzene rings is 3. The van der Waals surface area contributed by atoms with Crippen LogP contribution in [0, 0.1) is 0 Å². The molecular formula is C22H17N3O3. The molecule has 4 rings (SSSR count). The van der Waals surface area contributed by atoms with Crippen LogP contribution in [-0.4, -0.2) is 16.8 Å². The Hall–Kier alpha value is -4.06. The van der Waals surface area contributed by atoms with Crippen LogP contribution in [0.5, 0.6) is 5.75 Å². The van der Waals surface area contributed by atoms with Crippen molar-refractivity contribution in [1.82, 2.24) is 0 Å². The number of amides is 1. The fourth-order valence-electron chi connectivity index (χ4n) is 3.03. The van der Waals surface area contributed by atoms with E-state index in [2.05, 4.69) is 10.6 Å². The van der Waals surface area contributed by atoms with E-state index in [0.717, 1.165) is 0 Å². The summed E-state index contributed by atoms with van der Waals surface area (Å²) >= 11 is 0. The van der Waals surface area contributed by atoms with Gasteiger partial charge in [0.15, 0.2) is 5.78 Å². The lowest BCUT2D eigenvalue weighted by molar-refractivity contribution is -0.110. The molecule has 3 aromatic rings. The minimum atomic E-state index is -0.264. The van der Waals surface area contributed by atoms with Crippen LogP contribution in [0.1, 0.15) is 21.5 Å². The Morgan fingerprint density at radius 1 is 1.00 bits per heavy atom. The standard InChI is InChI=1S/C22H17N3O3/c23-15-7-4-13(5-8-15)21(27)14-6-9-18-19(22(28)25-20(18)10-14)12-24-16-2-1-3-17(26)11-16/h1-12,24,26H,23H2,(H,25,28). The van der Waals surface area contributed by atoms with Gasteiger partial charge < -0.3 is 21.5 Å². The number of ketones is 1. The fraction of sp³-hybridized carbons (Fsp3) is 0. The molecule has 0 aliphatic carbocycles. The van der Waals surface area contributed by atoms with Crippen LogP contribution in [0.15, 0.2) is 72.9 Å². The van der Waals surface area contributed by atoms with E-state index in [1.54, 1.807) is 72.9 Å². The van der Waals surface area contributed by atoms with Crippen LogP contribution in [-0.2, 0) is 4.79 Å². The number of carbonyl (C=O) groups is 2. The molecule has 0 saturated carbocycles. The zero-order valence-electron chi connectivity index (χ0n) is 14.8. The Morgan fingerprint density at radius 2 is 1.75 bits per heavy atom. The number of aromatic hydroxyl groups is 1. The third-order valence-electron chi connectivity index (χ3n) is 4.47. The van der Waals surface area contributed by atoms with Gasteiger partial charge in [-0.15, -0.1) is 0 Å². The summed E-state index contributed by atoms with van der Waals surface area (Å²) in [5, 5.41) is 15.3. The molecule has 0 aromatic heterocycles. The first-order valence-electron chi connectivity index (χ1n) is 8.63. The second-order valence-electron chi connectivity index (χ2n) is 6.42. The van der Waals surface area contributed by atoms with E-state index >= 15 is 0 Å². The van der Waals surface area contributed by atoms with Gasteiger partial charge in [-0.3, -0.25) is 9.59 Å². The monoisotopic (exact) mass is 371 g/mol. The van der Waals surface area contributed by atoms with Crippen molar-refractivity contribution < 1.29 is 14.7 Å². The topological polar surface area (TPSA) is 104 Å². The summed E-state index contributed by atoms with van der Waals surface area (Å²) < 4.78 is 0. The van der Waals surface area contributed by atoms with E-state index in [9.17, 15) is 14.7 Å². The van der Waals surface area contributed by atoms with E-state index in [1.165, 1.54) is 0 Å². The first-order valence-corrected chi connectivity index (χ1v) is 8.63. The second-order valence-corrected chi connectivity index (χ2v) is 6.42. The molecule has 0 atom stereocenters. The highest BCUT2D eigenvalue weighted by atomic mass is 16.3. The number of nitrogen functional groups attached to an aromatic ring is 1. The van der Waals surface area contributed by atoms with Gasteiger partial charge in [0.05, 0.1) is 5.57 Å². The van der Waals surface area contributed by atoms with Gasteiger partial charge in [-0.2, -0.15) is 0 Å². The van der Waals surface area contributed by atoms with Gasteiger partial charge in [0, 0.05) is 46.0 Å². The van der Waals surface area contributed by atoms with Crippen molar-refractivity contribution in [1.29, 1.82) is 0 Å². The van der Waals surface area contributed by atoms with Crippen LogP contribution in [0.4, 0.5) is 17.1 Å². The van der Waals surface area contributed by atoms with E-state index in [1.807, 2.05) is 0 Å². The molecule has 6 heteroatoms. The van der Waals surface area contributed by atoms with Gasteiger partial charge in [-0.1, -0.05) is 18.2 Å². The van der Waals surface area contributed by atoms with Crippen LogP contribution >= 0.6 is 0 Å². The van der Waals surface area contributed by atoms with Crippen LogP contribution in [0.25, 0.3) is 5.57 Å². The lowest BCUT2D eigenvalue weighted by Gasteiger charge is -2.05. The summed E-state index contributed by atoms with van der Waals surface area (Å²) in [6.45, 7) is 0. The maximum absolute atomic E-state index is 12.7. The van der Waals surface area contributed by atoms with E-state index in [-0.39, 0.29) is 17.4 Å².